The quantitative estimate of drug-likeness (QED) is 0.735. The number of imidazole rings is 1. The first kappa shape index (κ1) is 14.8. The van der Waals surface area contributed by atoms with Gasteiger partial charge in [0.2, 0.25) is 9.84 Å². The third-order valence-electron chi connectivity index (χ3n) is 3.30. The zero-order valence-electron chi connectivity index (χ0n) is 11.8. The van der Waals surface area contributed by atoms with Gasteiger partial charge < -0.3 is 4.57 Å². The summed E-state index contributed by atoms with van der Waals surface area (Å²) in [6.07, 6.45) is 2.92. The predicted octanol–water partition coefficient (Wildman–Crippen LogP) is 3.67. The van der Waals surface area contributed by atoms with Crippen molar-refractivity contribution in [3.8, 4) is 5.69 Å². The lowest BCUT2D eigenvalue weighted by Gasteiger charge is -2.04. The molecule has 3 aromatic rings. The van der Waals surface area contributed by atoms with Crippen LogP contribution in [0, 0.1) is 6.92 Å². The van der Waals surface area contributed by atoms with E-state index in [1.165, 1.54) is 12.5 Å². The van der Waals surface area contributed by atoms with Crippen LogP contribution in [-0.4, -0.2) is 18.0 Å². The molecular formula is C16H13ClN2O2S. The maximum absolute atomic E-state index is 12.6. The van der Waals surface area contributed by atoms with Gasteiger partial charge in [0.05, 0.1) is 15.6 Å². The van der Waals surface area contributed by atoms with E-state index < -0.39 is 9.84 Å². The largest absolute Gasteiger partial charge is 0.303 e. The smallest absolute Gasteiger partial charge is 0.225 e. The maximum Gasteiger partial charge on any atom is 0.225 e. The molecule has 4 nitrogen and oxygen atoms in total. The normalized spacial score (nSPS) is 11.5. The molecule has 0 bridgehead atoms. The Morgan fingerprint density at radius 3 is 2.41 bits per heavy atom. The summed E-state index contributed by atoms with van der Waals surface area (Å²) in [5, 5.41) is 0.524. The van der Waals surface area contributed by atoms with Crippen LogP contribution in [0.4, 0.5) is 0 Å². The average Bonchev–Trinajstić information content (AvgIpc) is 2.98. The van der Waals surface area contributed by atoms with Crippen molar-refractivity contribution in [1.82, 2.24) is 9.55 Å². The fourth-order valence-electron chi connectivity index (χ4n) is 2.07. The summed E-state index contributed by atoms with van der Waals surface area (Å²) < 4.78 is 26.7. The fourth-order valence-corrected chi connectivity index (χ4v) is 3.48. The molecule has 112 valence electrons. The van der Waals surface area contributed by atoms with E-state index in [9.17, 15) is 8.42 Å². The lowest BCUT2D eigenvalue weighted by Crippen LogP contribution is -2.02. The summed E-state index contributed by atoms with van der Waals surface area (Å²) in [5.74, 6) is 0. The molecule has 0 aliphatic heterocycles. The number of benzene rings is 2. The summed E-state index contributed by atoms with van der Waals surface area (Å²) in [5.41, 5.74) is 1.68. The van der Waals surface area contributed by atoms with Crippen molar-refractivity contribution >= 4 is 21.4 Å². The Balaban J connectivity index is 2.03. The van der Waals surface area contributed by atoms with Gasteiger partial charge in [0.25, 0.3) is 0 Å². The van der Waals surface area contributed by atoms with Crippen LogP contribution < -0.4 is 0 Å². The second kappa shape index (κ2) is 5.59. The number of hydrogen-bond acceptors (Lipinski definition) is 3. The van der Waals surface area contributed by atoms with E-state index >= 15 is 0 Å². The van der Waals surface area contributed by atoms with E-state index in [0.717, 1.165) is 5.56 Å². The predicted molar refractivity (Wildman–Crippen MR) is 85.2 cm³/mol. The van der Waals surface area contributed by atoms with Crippen molar-refractivity contribution in [2.24, 2.45) is 0 Å². The topological polar surface area (TPSA) is 52.0 Å². The molecule has 2 aromatic carbocycles. The van der Waals surface area contributed by atoms with E-state index in [1.54, 1.807) is 41.0 Å². The molecule has 3 rings (SSSR count). The van der Waals surface area contributed by atoms with Gasteiger partial charge in [-0.3, -0.25) is 0 Å². The van der Waals surface area contributed by atoms with Crippen molar-refractivity contribution in [3.05, 3.63) is 71.6 Å². The van der Waals surface area contributed by atoms with Crippen molar-refractivity contribution in [3.63, 3.8) is 0 Å². The third-order valence-corrected chi connectivity index (χ3v) is 5.27. The number of halogens is 1. The number of aryl methyl sites for hydroxylation is 1. The van der Waals surface area contributed by atoms with Gasteiger partial charge in [-0.05, 0) is 31.2 Å². The molecule has 0 aliphatic rings. The molecule has 6 heteroatoms. The second-order valence-electron chi connectivity index (χ2n) is 4.89. The Hall–Kier alpha value is -2.11. The number of hydrogen-bond donors (Lipinski definition) is 0. The highest BCUT2D eigenvalue weighted by Crippen LogP contribution is 2.23. The highest BCUT2D eigenvalue weighted by molar-refractivity contribution is 7.91. The van der Waals surface area contributed by atoms with E-state index in [4.69, 9.17) is 11.6 Å². The zero-order chi connectivity index (χ0) is 15.7. The molecule has 0 unspecified atom stereocenters. The summed E-state index contributed by atoms with van der Waals surface area (Å²) in [7, 11) is -3.63. The van der Waals surface area contributed by atoms with Crippen LogP contribution in [0.5, 0.6) is 0 Å². The van der Waals surface area contributed by atoms with Crippen molar-refractivity contribution in [1.29, 1.82) is 0 Å². The van der Waals surface area contributed by atoms with Crippen LogP contribution >= 0.6 is 11.6 Å². The molecule has 0 aliphatic carbocycles. The number of nitrogens with zero attached hydrogens (tertiary/aromatic N) is 2. The van der Waals surface area contributed by atoms with Crippen LogP contribution in [0.15, 0.2) is 71.0 Å². The van der Waals surface area contributed by atoms with Gasteiger partial charge in [0, 0.05) is 6.20 Å². The van der Waals surface area contributed by atoms with Crippen molar-refractivity contribution in [2.45, 2.75) is 16.8 Å². The van der Waals surface area contributed by atoms with Gasteiger partial charge in [-0.2, -0.15) is 0 Å². The van der Waals surface area contributed by atoms with E-state index in [2.05, 4.69) is 4.98 Å². The SMILES string of the molecule is Cc1ccc(S(=O)(=O)c2cn(-c3ccccc3Cl)cn2)cc1. The highest BCUT2D eigenvalue weighted by Gasteiger charge is 2.20. The molecule has 0 fully saturated rings. The highest BCUT2D eigenvalue weighted by atomic mass is 35.5. The van der Waals surface area contributed by atoms with Gasteiger partial charge in [-0.25, -0.2) is 13.4 Å². The standard InChI is InChI=1S/C16H13ClN2O2S/c1-12-6-8-13(9-7-12)22(20,21)16-10-19(11-18-16)15-5-3-2-4-14(15)17/h2-11H,1H3. The summed E-state index contributed by atoms with van der Waals surface area (Å²) in [6.45, 7) is 1.91. The van der Waals surface area contributed by atoms with Crippen LogP contribution in [0.2, 0.25) is 5.02 Å². The fraction of sp³-hybridized carbons (Fsp3) is 0.0625. The number of rotatable bonds is 3. The average molecular weight is 333 g/mol. The number of para-hydroxylation sites is 1. The molecule has 1 aromatic heterocycles. The molecule has 22 heavy (non-hydrogen) atoms. The Morgan fingerprint density at radius 2 is 1.73 bits per heavy atom. The lowest BCUT2D eigenvalue weighted by molar-refractivity contribution is 0.593. The number of sulfone groups is 1. The first-order valence-corrected chi connectivity index (χ1v) is 8.45. The molecule has 0 radical (unpaired) electrons. The molecule has 0 spiro atoms. The van der Waals surface area contributed by atoms with E-state index in [-0.39, 0.29) is 9.92 Å². The molecule has 1 heterocycles. The Bertz CT molecular complexity index is 915. The Morgan fingerprint density at radius 1 is 1.05 bits per heavy atom. The molecule has 0 saturated carbocycles. The van der Waals surface area contributed by atoms with E-state index in [0.29, 0.717) is 10.7 Å². The summed E-state index contributed by atoms with van der Waals surface area (Å²) >= 11 is 6.12. The lowest BCUT2D eigenvalue weighted by atomic mass is 10.2. The Labute approximate surface area is 133 Å². The minimum Gasteiger partial charge on any atom is -0.303 e. The monoisotopic (exact) mass is 332 g/mol. The van der Waals surface area contributed by atoms with Gasteiger partial charge in [0.15, 0.2) is 5.03 Å². The molecule has 0 N–H and O–H groups in total. The minimum absolute atomic E-state index is 0.00345. The van der Waals surface area contributed by atoms with Crippen LogP contribution in [-0.2, 0) is 9.84 Å². The van der Waals surface area contributed by atoms with E-state index in [1.807, 2.05) is 19.1 Å². The van der Waals surface area contributed by atoms with Crippen molar-refractivity contribution in [2.75, 3.05) is 0 Å². The zero-order valence-corrected chi connectivity index (χ0v) is 13.3. The molecule has 0 atom stereocenters. The molecular weight excluding hydrogens is 320 g/mol. The third kappa shape index (κ3) is 2.65. The molecule has 0 saturated heterocycles. The minimum atomic E-state index is -3.63. The number of aromatic nitrogens is 2. The first-order chi connectivity index (χ1) is 10.5. The van der Waals surface area contributed by atoms with Gasteiger partial charge >= 0.3 is 0 Å². The summed E-state index contributed by atoms with van der Waals surface area (Å²) in [6, 6.07) is 13.9. The Kier molecular flexibility index (Phi) is 3.76. The maximum atomic E-state index is 12.6. The van der Waals surface area contributed by atoms with Crippen LogP contribution in [0.3, 0.4) is 0 Å². The van der Waals surface area contributed by atoms with Crippen LogP contribution in [0.1, 0.15) is 5.56 Å². The second-order valence-corrected chi connectivity index (χ2v) is 7.19. The first-order valence-electron chi connectivity index (χ1n) is 6.59. The van der Waals surface area contributed by atoms with Crippen molar-refractivity contribution < 1.29 is 8.42 Å². The van der Waals surface area contributed by atoms with Crippen LogP contribution in [0.25, 0.3) is 5.69 Å². The molecule has 0 amide bonds. The van der Waals surface area contributed by atoms with Gasteiger partial charge in [0.1, 0.15) is 6.33 Å². The van der Waals surface area contributed by atoms with Gasteiger partial charge in [-0.15, -0.1) is 0 Å². The van der Waals surface area contributed by atoms with Gasteiger partial charge in [-0.1, -0.05) is 41.4 Å². The summed E-state index contributed by atoms with van der Waals surface area (Å²) in [4.78, 5) is 4.25.